The lowest BCUT2D eigenvalue weighted by atomic mass is 9.93. The minimum Gasteiger partial charge on any atom is -0.198 e. The molecule has 0 spiro atoms. The molecule has 0 saturated heterocycles. The average molecular weight is 249 g/mol. The van der Waals surface area contributed by atoms with Crippen molar-refractivity contribution in [3.63, 3.8) is 0 Å². The molecule has 0 N–H and O–H groups in total. The van der Waals surface area contributed by atoms with Gasteiger partial charge in [0.2, 0.25) is 0 Å². The molecule has 0 bridgehead atoms. The van der Waals surface area contributed by atoms with Crippen LogP contribution in [-0.4, -0.2) is 0 Å². The highest BCUT2D eigenvalue weighted by atomic mass is 14.3. The van der Waals surface area contributed by atoms with Gasteiger partial charge in [0.05, 0.1) is 12.0 Å². The zero-order chi connectivity index (χ0) is 13.5. The zero-order valence-corrected chi connectivity index (χ0v) is 11.3. The second-order valence-corrected chi connectivity index (χ2v) is 4.80. The molecule has 0 saturated carbocycles. The van der Waals surface area contributed by atoms with Gasteiger partial charge in [0.15, 0.2) is 0 Å². The fourth-order valence-corrected chi connectivity index (χ4v) is 2.31. The van der Waals surface area contributed by atoms with E-state index in [4.69, 9.17) is 0 Å². The molecule has 19 heavy (non-hydrogen) atoms. The molecule has 0 fully saturated rings. The van der Waals surface area contributed by atoms with Crippen LogP contribution in [0.4, 0.5) is 0 Å². The topological polar surface area (TPSA) is 23.8 Å². The van der Waals surface area contributed by atoms with Crippen LogP contribution in [0.1, 0.15) is 36.0 Å². The highest BCUT2D eigenvalue weighted by Crippen LogP contribution is 2.21. The van der Waals surface area contributed by atoms with Crippen LogP contribution >= 0.6 is 0 Å². The number of benzene rings is 2. The summed E-state index contributed by atoms with van der Waals surface area (Å²) in [6.07, 6.45) is 2.91. The van der Waals surface area contributed by atoms with Crippen molar-refractivity contribution >= 4 is 0 Å². The molecule has 0 aliphatic carbocycles. The quantitative estimate of drug-likeness (QED) is 0.766. The summed E-state index contributed by atoms with van der Waals surface area (Å²) in [5.74, 6) is -0.00789. The van der Waals surface area contributed by atoms with E-state index in [2.05, 4.69) is 37.3 Å². The van der Waals surface area contributed by atoms with Crippen molar-refractivity contribution in [2.75, 3.05) is 0 Å². The number of nitrogens with zero attached hydrogens (tertiary/aromatic N) is 1. The van der Waals surface area contributed by atoms with Crippen molar-refractivity contribution in [1.82, 2.24) is 0 Å². The van der Waals surface area contributed by atoms with Crippen LogP contribution in [0.2, 0.25) is 0 Å². The van der Waals surface area contributed by atoms with Gasteiger partial charge in [-0.2, -0.15) is 5.26 Å². The van der Waals surface area contributed by atoms with E-state index in [-0.39, 0.29) is 5.92 Å². The maximum absolute atomic E-state index is 9.31. The van der Waals surface area contributed by atoms with Crippen molar-refractivity contribution in [2.24, 2.45) is 0 Å². The summed E-state index contributed by atoms with van der Waals surface area (Å²) in [6, 6.07) is 21.1. The van der Waals surface area contributed by atoms with Gasteiger partial charge in [-0.05, 0) is 36.0 Å². The van der Waals surface area contributed by atoms with E-state index in [1.165, 1.54) is 11.1 Å². The molecule has 2 aromatic carbocycles. The van der Waals surface area contributed by atoms with Crippen LogP contribution in [0.5, 0.6) is 0 Å². The molecule has 96 valence electrons. The van der Waals surface area contributed by atoms with Gasteiger partial charge < -0.3 is 0 Å². The molecule has 0 heterocycles. The number of hydrogen-bond donors (Lipinski definition) is 0. The Balaban J connectivity index is 2.02. The van der Waals surface area contributed by atoms with E-state index >= 15 is 0 Å². The first-order valence-corrected chi connectivity index (χ1v) is 6.86. The third-order valence-electron chi connectivity index (χ3n) is 3.48. The first kappa shape index (κ1) is 13.4. The molecule has 0 unspecified atom stereocenters. The normalized spacial score (nSPS) is 11.8. The Morgan fingerprint density at radius 2 is 1.74 bits per heavy atom. The van der Waals surface area contributed by atoms with Gasteiger partial charge in [0, 0.05) is 0 Å². The highest BCUT2D eigenvalue weighted by Gasteiger charge is 2.10. The largest absolute Gasteiger partial charge is 0.198 e. The molecule has 0 aliphatic heterocycles. The first-order chi connectivity index (χ1) is 9.33. The molecule has 0 radical (unpaired) electrons. The Bertz CT molecular complexity index is 551. The standard InChI is InChI=1S/C18H19N/c1-2-15-7-6-8-16(13-15)11-12-18(14-19)17-9-4-3-5-10-17/h3-10,13,18H,2,11-12H2,1H3/t18-/m1/s1. The van der Waals surface area contributed by atoms with E-state index in [1.807, 2.05) is 30.3 Å². The van der Waals surface area contributed by atoms with Crippen molar-refractivity contribution < 1.29 is 0 Å². The molecular weight excluding hydrogens is 230 g/mol. The third-order valence-corrected chi connectivity index (χ3v) is 3.48. The minimum absolute atomic E-state index is 0.00789. The molecular formula is C18H19N. The van der Waals surface area contributed by atoms with Crippen LogP contribution in [0.3, 0.4) is 0 Å². The average Bonchev–Trinajstić information content (AvgIpc) is 2.49. The van der Waals surface area contributed by atoms with Crippen LogP contribution in [-0.2, 0) is 12.8 Å². The molecule has 0 aromatic heterocycles. The Morgan fingerprint density at radius 1 is 1.00 bits per heavy atom. The first-order valence-electron chi connectivity index (χ1n) is 6.86. The molecule has 0 aliphatic rings. The van der Waals surface area contributed by atoms with Crippen LogP contribution < -0.4 is 0 Å². The van der Waals surface area contributed by atoms with Crippen molar-refractivity contribution in [3.05, 3.63) is 71.3 Å². The Morgan fingerprint density at radius 3 is 2.42 bits per heavy atom. The van der Waals surface area contributed by atoms with Gasteiger partial charge in [-0.15, -0.1) is 0 Å². The fraction of sp³-hybridized carbons (Fsp3) is 0.278. The van der Waals surface area contributed by atoms with E-state index in [9.17, 15) is 5.26 Å². The Hall–Kier alpha value is -2.07. The smallest absolute Gasteiger partial charge is 0.0715 e. The summed E-state index contributed by atoms with van der Waals surface area (Å²) in [4.78, 5) is 0. The summed E-state index contributed by atoms with van der Waals surface area (Å²) < 4.78 is 0. The Kier molecular flexibility index (Phi) is 4.75. The maximum Gasteiger partial charge on any atom is 0.0715 e. The predicted molar refractivity (Wildman–Crippen MR) is 78.9 cm³/mol. The van der Waals surface area contributed by atoms with E-state index in [1.54, 1.807) is 0 Å². The lowest BCUT2D eigenvalue weighted by Crippen LogP contribution is -1.98. The van der Waals surface area contributed by atoms with Crippen molar-refractivity contribution in [3.8, 4) is 6.07 Å². The van der Waals surface area contributed by atoms with Crippen molar-refractivity contribution in [1.29, 1.82) is 5.26 Å². The highest BCUT2D eigenvalue weighted by molar-refractivity contribution is 5.27. The SMILES string of the molecule is CCc1cccc(CC[C@H](C#N)c2ccccc2)c1. The van der Waals surface area contributed by atoms with Gasteiger partial charge in [-0.25, -0.2) is 0 Å². The molecule has 2 aromatic rings. The molecule has 1 heteroatoms. The van der Waals surface area contributed by atoms with E-state index in [0.29, 0.717) is 0 Å². The molecule has 2 rings (SSSR count). The second-order valence-electron chi connectivity index (χ2n) is 4.80. The van der Waals surface area contributed by atoms with E-state index in [0.717, 1.165) is 24.8 Å². The number of aryl methyl sites for hydroxylation is 2. The number of rotatable bonds is 5. The van der Waals surface area contributed by atoms with Gasteiger partial charge in [0.1, 0.15) is 0 Å². The van der Waals surface area contributed by atoms with Gasteiger partial charge in [-0.1, -0.05) is 61.5 Å². The summed E-state index contributed by atoms with van der Waals surface area (Å²) >= 11 is 0. The van der Waals surface area contributed by atoms with Crippen LogP contribution in [0.25, 0.3) is 0 Å². The van der Waals surface area contributed by atoms with Crippen molar-refractivity contribution in [2.45, 2.75) is 32.1 Å². The Labute approximate surface area is 115 Å². The maximum atomic E-state index is 9.31. The molecule has 1 atom stereocenters. The summed E-state index contributed by atoms with van der Waals surface area (Å²) in [5.41, 5.74) is 3.82. The van der Waals surface area contributed by atoms with Gasteiger partial charge >= 0.3 is 0 Å². The monoisotopic (exact) mass is 249 g/mol. The van der Waals surface area contributed by atoms with Gasteiger partial charge in [0.25, 0.3) is 0 Å². The van der Waals surface area contributed by atoms with Crippen LogP contribution in [0, 0.1) is 11.3 Å². The summed E-state index contributed by atoms with van der Waals surface area (Å²) in [6.45, 7) is 2.17. The van der Waals surface area contributed by atoms with Gasteiger partial charge in [-0.3, -0.25) is 0 Å². The lowest BCUT2D eigenvalue weighted by molar-refractivity contribution is 0.745. The summed E-state index contributed by atoms with van der Waals surface area (Å²) in [7, 11) is 0. The third kappa shape index (κ3) is 3.69. The van der Waals surface area contributed by atoms with E-state index < -0.39 is 0 Å². The minimum atomic E-state index is -0.00789. The second kappa shape index (κ2) is 6.75. The molecule has 0 amide bonds. The number of hydrogen-bond acceptors (Lipinski definition) is 1. The lowest BCUT2D eigenvalue weighted by Gasteiger charge is -2.10. The predicted octanol–water partition coefficient (Wildman–Crippen LogP) is 4.49. The number of nitriles is 1. The molecule has 1 nitrogen and oxygen atoms in total. The zero-order valence-electron chi connectivity index (χ0n) is 11.3. The summed E-state index contributed by atoms with van der Waals surface area (Å²) in [5, 5.41) is 9.31. The fourth-order valence-electron chi connectivity index (χ4n) is 2.31. The van der Waals surface area contributed by atoms with Crippen LogP contribution in [0.15, 0.2) is 54.6 Å².